The van der Waals surface area contributed by atoms with Crippen LogP contribution in [-0.4, -0.2) is 12.1 Å². The van der Waals surface area contributed by atoms with Crippen LogP contribution < -0.4 is 5.32 Å². The van der Waals surface area contributed by atoms with Gasteiger partial charge in [-0.2, -0.15) is 0 Å². The van der Waals surface area contributed by atoms with Gasteiger partial charge >= 0.3 is 6.09 Å². The first-order chi connectivity index (χ1) is 8.29. The maximum Gasteiger partial charge on any atom is 0.407 e. The first-order valence-corrected chi connectivity index (χ1v) is 6.27. The largest absolute Gasteiger partial charge is 0.445 e. The number of ether oxygens (including phenoxy) is 1. The molecule has 1 N–H and O–H groups in total. The van der Waals surface area contributed by atoms with Gasteiger partial charge in [-0.3, -0.25) is 0 Å². The SMILES string of the molecule is CC[C@@H](NC(=O)OCc1ccccc1)C1CC1. The van der Waals surface area contributed by atoms with Crippen molar-refractivity contribution in [1.29, 1.82) is 0 Å². The van der Waals surface area contributed by atoms with Crippen molar-refractivity contribution >= 4 is 6.09 Å². The van der Waals surface area contributed by atoms with Crippen molar-refractivity contribution < 1.29 is 9.53 Å². The second-order valence-corrected chi connectivity index (χ2v) is 4.56. The summed E-state index contributed by atoms with van der Waals surface area (Å²) in [4.78, 5) is 11.6. The van der Waals surface area contributed by atoms with E-state index >= 15 is 0 Å². The fraction of sp³-hybridized carbons (Fsp3) is 0.500. The molecular weight excluding hydrogens is 214 g/mol. The van der Waals surface area contributed by atoms with E-state index in [1.165, 1.54) is 12.8 Å². The molecule has 1 fully saturated rings. The third-order valence-electron chi connectivity index (χ3n) is 3.15. The lowest BCUT2D eigenvalue weighted by atomic mass is 10.1. The van der Waals surface area contributed by atoms with Gasteiger partial charge in [0.15, 0.2) is 0 Å². The lowest BCUT2D eigenvalue weighted by Gasteiger charge is -2.15. The Hall–Kier alpha value is -1.51. The van der Waals surface area contributed by atoms with Crippen LogP contribution in [0.25, 0.3) is 0 Å². The number of carbonyl (C=O) groups is 1. The second kappa shape index (κ2) is 5.71. The molecule has 1 aliphatic rings. The van der Waals surface area contributed by atoms with E-state index in [0.717, 1.165) is 12.0 Å². The zero-order chi connectivity index (χ0) is 12.1. The molecule has 0 bridgehead atoms. The molecule has 1 saturated carbocycles. The van der Waals surface area contributed by atoms with Gasteiger partial charge in [0.05, 0.1) is 0 Å². The predicted molar refractivity (Wildman–Crippen MR) is 66.6 cm³/mol. The first kappa shape index (κ1) is 12.0. The number of rotatable bonds is 5. The molecular formula is C14H19NO2. The van der Waals surface area contributed by atoms with Crippen molar-refractivity contribution in [3.63, 3.8) is 0 Å². The van der Waals surface area contributed by atoms with E-state index in [2.05, 4.69) is 12.2 Å². The molecule has 3 heteroatoms. The number of hydrogen-bond acceptors (Lipinski definition) is 2. The first-order valence-electron chi connectivity index (χ1n) is 6.27. The van der Waals surface area contributed by atoms with Crippen molar-refractivity contribution in [2.24, 2.45) is 5.92 Å². The number of amides is 1. The van der Waals surface area contributed by atoms with E-state index in [-0.39, 0.29) is 6.09 Å². The fourth-order valence-electron chi connectivity index (χ4n) is 1.97. The molecule has 0 radical (unpaired) electrons. The van der Waals surface area contributed by atoms with E-state index in [4.69, 9.17) is 4.74 Å². The van der Waals surface area contributed by atoms with E-state index in [0.29, 0.717) is 18.6 Å². The van der Waals surface area contributed by atoms with Crippen molar-refractivity contribution in [2.75, 3.05) is 0 Å². The summed E-state index contributed by atoms with van der Waals surface area (Å²) in [5.74, 6) is 0.671. The molecule has 1 amide bonds. The van der Waals surface area contributed by atoms with Gasteiger partial charge in [0, 0.05) is 6.04 Å². The molecule has 92 valence electrons. The van der Waals surface area contributed by atoms with Gasteiger partial charge in [0.1, 0.15) is 6.61 Å². The maximum absolute atomic E-state index is 11.6. The average molecular weight is 233 g/mol. The molecule has 0 aliphatic heterocycles. The average Bonchev–Trinajstić information content (AvgIpc) is 3.19. The van der Waals surface area contributed by atoms with Gasteiger partial charge in [0.2, 0.25) is 0 Å². The molecule has 0 saturated heterocycles. The number of carbonyl (C=O) groups excluding carboxylic acids is 1. The van der Waals surface area contributed by atoms with Gasteiger partial charge in [0.25, 0.3) is 0 Å². The highest BCUT2D eigenvalue weighted by Crippen LogP contribution is 2.33. The van der Waals surface area contributed by atoms with Crippen LogP contribution in [0.5, 0.6) is 0 Å². The summed E-state index contributed by atoms with van der Waals surface area (Å²) < 4.78 is 5.19. The van der Waals surface area contributed by atoms with Crippen molar-refractivity contribution in [1.82, 2.24) is 5.32 Å². The minimum Gasteiger partial charge on any atom is -0.445 e. The van der Waals surface area contributed by atoms with Crippen LogP contribution in [0.15, 0.2) is 30.3 Å². The summed E-state index contributed by atoms with van der Waals surface area (Å²) in [5, 5.41) is 2.94. The Morgan fingerprint density at radius 1 is 1.41 bits per heavy atom. The van der Waals surface area contributed by atoms with Gasteiger partial charge < -0.3 is 10.1 Å². The predicted octanol–water partition coefficient (Wildman–Crippen LogP) is 3.10. The molecule has 2 rings (SSSR count). The summed E-state index contributed by atoms with van der Waals surface area (Å²) in [6.45, 7) is 2.44. The Bertz CT molecular complexity index is 360. The Kier molecular flexibility index (Phi) is 4.02. The van der Waals surface area contributed by atoms with Crippen molar-refractivity contribution in [3.8, 4) is 0 Å². The molecule has 3 nitrogen and oxygen atoms in total. The Balaban J connectivity index is 1.73. The molecule has 0 spiro atoms. The number of alkyl carbamates (subject to hydrolysis) is 1. The van der Waals surface area contributed by atoms with Crippen molar-refractivity contribution in [3.05, 3.63) is 35.9 Å². The molecule has 17 heavy (non-hydrogen) atoms. The van der Waals surface area contributed by atoms with Crippen molar-refractivity contribution in [2.45, 2.75) is 38.8 Å². The van der Waals surface area contributed by atoms with Crippen LogP contribution in [0.2, 0.25) is 0 Å². The molecule has 0 heterocycles. The van der Waals surface area contributed by atoms with Crippen LogP contribution in [0, 0.1) is 5.92 Å². The van der Waals surface area contributed by atoms with E-state index in [9.17, 15) is 4.79 Å². The Labute approximate surface area is 102 Å². The zero-order valence-electron chi connectivity index (χ0n) is 10.2. The van der Waals surface area contributed by atoms with Crippen LogP contribution in [0.4, 0.5) is 4.79 Å². The van der Waals surface area contributed by atoms with Gasteiger partial charge in [-0.15, -0.1) is 0 Å². The molecule has 1 aromatic rings. The molecule has 1 aliphatic carbocycles. The standard InChI is InChI=1S/C14H19NO2/c1-2-13(12-8-9-12)15-14(16)17-10-11-6-4-3-5-7-11/h3-7,12-13H,2,8-10H2,1H3,(H,15,16)/t13-/m1/s1. The second-order valence-electron chi connectivity index (χ2n) is 4.56. The summed E-state index contributed by atoms with van der Waals surface area (Å²) in [5.41, 5.74) is 1.02. The highest BCUT2D eigenvalue weighted by Gasteiger charge is 2.31. The number of benzene rings is 1. The van der Waals surface area contributed by atoms with Gasteiger partial charge in [-0.05, 0) is 30.7 Å². The Morgan fingerprint density at radius 3 is 2.71 bits per heavy atom. The van der Waals surface area contributed by atoms with E-state index < -0.39 is 0 Å². The number of hydrogen-bond donors (Lipinski definition) is 1. The van der Waals surface area contributed by atoms with Gasteiger partial charge in [-0.25, -0.2) is 4.79 Å². The van der Waals surface area contributed by atoms with Crippen LogP contribution in [-0.2, 0) is 11.3 Å². The maximum atomic E-state index is 11.6. The lowest BCUT2D eigenvalue weighted by molar-refractivity contribution is 0.134. The van der Waals surface area contributed by atoms with Crippen LogP contribution >= 0.6 is 0 Å². The van der Waals surface area contributed by atoms with Crippen LogP contribution in [0.1, 0.15) is 31.7 Å². The molecule has 1 atom stereocenters. The smallest absolute Gasteiger partial charge is 0.407 e. The van der Waals surface area contributed by atoms with E-state index in [1.54, 1.807) is 0 Å². The molecule has 1 aromatic carbocycles. The minimum atomic E-state index is -0.299. The molecule has 0 unspecified atom stereocenters. The topological polar surface area (TPSA) is 38.3 Å². The highest BCUT2D eigenvalue weighted by molar-refractivity contribution is 5.67. The Morgan fingerprint density at radius 2 is 2.12 bits per heavy atom. The summed E-state index contributed by atoms with van der Waals surface area (Å²) >= 11 is 0. The summed E-state index contributed by atoms with van der Waals surface area (Å²) in [6, 6.07) is 10.0. The third kappa shape index (κ3) is 3.77. The zero-order valence-corrected chi connectivity index (χ0v) is 10.2. The fourth-order valence-corrected chi connectivity index (χ4v) is 1.97. The van der Waals surface area contributed by atoms with Crippen LogP contribution in [0.3, 0.4) is 0 Å². The number of nitrogens with one attached hydrogen (secondary N) is 1. The quantitative estimate of drug-likeness (QED) is 0.848. The summed E-state index contributed by atoms with van der Waals surface area (Å²) in [6.07, 6.45) is 3.15. The third-order valence-corrected chi connectivity index (χ3v) is 3.15. The van der Waals surface area contributed by atoms with Gasteiger partial charge in [-0.1, -0.05) is 37.3 Å². The monoisotopic (exact) mass is 233 g/mol. The lowest BCUT2D eigenvalue weighted by Crippen LogP contribution is -2.36. The van der Waals surface area contributed by atoms with E-state index in [1.807, 2.05) is 30.3 Å². The normalized spacial score (nSPS) is 16.3. The minimum absolute atomic E-state index is 0.290. The molecule has 0 aromatic heterocycles. The highest BCUT2D eigenvalue weighted by atomic mass is 16.5. The summed E-state index contributed by atoms with van der Waals surface area (Å²) in [7, 11) is 0.